The van der Waals surface area contributed by atoms with Gasteiger partial charge >= 0.3 is 0 Å². The first-order chi connectivity index (χ1) is 8.65. The zero-order chi connectivity index (χ0) is 13.0. The number of hydrogen-bond donors (Lipinski definition) is 1. The van der Waals surface area contributed by atoms with Crippen LogP contribution in [-0.2, 0) is 11.3 Å². The van der Waals surface area contributed by atoms with Crippen LogP contribution in [0.15, 0.2) is 36.7 Å². The van der Waals surface area contributed by atoms with Gasteiger partial charge in [-0.05, 0) is 53.3 Å². The van der Waals surface area contributed by atoms with Crippen LogP contribution in [0.2, 0.25) is 0 Å². The number of halogens is 1. The summed E-state index contributed by atoms with van der Waals surface area (Å²) in [4.78, 5) is 11.8. The molecule has 0 bridgehead atoms. The standard InChI is InChI=1S/C13H14IN3O/c1-10-3-4-11(14)9-12(10)16-13(18)5-8-17-7-2-6-15-17/h2-4,6-7,9H,5,8H2,1H3,(H,16,18). The van der Waals surface area contributed by atoms with Gasteiger partial charge in [0.25, 0.3) is 0 Å². The molecule has 0 aliphatic heterocycles. The number of nitrogens with one attached hydrogen (secondary N) is 1. The van der Waals surface area contributed by atoms with Gasteiger partial charge in [0.1, 0.15) is 0 Å². The van der Waals surface area contributed by atoms with Crippen molar-refractivity contribution in [3.63, 3.8) is 0 Å². The average molecular weight is 355 g/mol. The zero-order valence-electron chi connectivity index (χ0n) is 10.1. The minimum atomic E-state index is 0.00981. The minimum Gasteiger partial charge on any atom is -0.326 e. The molecule has 1 heterocycles. The summed E-state index contributed by atoms with van der Waals surface area (Å²) in [6, 6.07) is 7.85. The maximum atomic E-state index is 11.8. The monoisotopic (exact) mass is 355 g/mol. The van der Waals surface area contributed by atoms with Gasteiger partial charge in [-0.25, -0.2) is 0 Å². The molecule has 0 spiro atoms. The van der Waals surface area contributed by atoms with Crippen LogP contribution >= 0.6 is 22.6 Å². The first kappa shape index (κ1) is 13.1. The van der Waals surface area contributed by atoms with Crippen molar-refractivity contribution in [1.82, 2.24) is 9.78 Å². The number of aryl methyl sites for hydroxylation is 2. The van der Waals surface area contributed by atoms with Gasteiger partial charge in [0.05, 0.1) is 0 Å². The molecule has 0 radical (unpaired) electrons. The first-order valence-electron chi connectivity index (χ1n) is 5.68. The largest absolute Gasteiger partial charge is 0.326 e. The number of anilines is 1. The summed E-state index contributed by atoms with van der Waals surface area (Å²) in [5.41, 5.74) is 1.95. The van der Waals surface area contributed by atoms with Crippen LogP contribution in [0.5, 0.6) is 0 Å². The van der Waals surface area contributed by atoms with Crippen LogP contribution < -0.4 is 5.32 Å². The first-order valence-corrected chi connectivity index (χ1v) is 6.76. The molecule has 0 saturated heterocycles. The van der Waals surface area contributed by atoms with E-state index in [1.165, 1.54) is 0 Å². The van der Waals surface area contributed by atoms with Gasteiger partial charge in [0.15, 0.2) is 0 Å². The van der Waals surface area contributed by atoms with Crippen LogP contribution in [0, 0.1) is 10.5 Å². The van der Waals surface area contributed by atoms with Crippen LogP contribution in [0.4, 0.5) is 5.69 Å². The highest BCUT2D eigenvalue weighted by molar-refractivity contribution is 14.1. The van der Waals surface area contributed by atoms with Gasteiger partial charge in [-0.1, -0.05) is 6.07 Å². The van der Waals surface area contributed by atoms with Crippen molar-refractivity contribution in [2.24, 2.45) is 0 Å². The quantitative estimate of drug-likeness (QED) is 0.858. The smallest absolute Gasteiger partial charge is 0.226 e. The van der Waals surface area contributed by atoms with Gasteiger partial charge < -0.3 is 5.32 Å². The Kier molecular flexibility index (Phi) is 4.35. The Bertz CT molecular complexity index is 537. The zero-order valence-corrected chi connectivity index (χ0v) is 12.2. The highest BCUT2D eigenvalue weighted by Crippen LogP contribution is 2.18. The van der Waals surface area contributed by atoms with E-state index in [1.807, 2.05) is 37.4 Å². The molecule has 0 saturated carbocycles. The van der Waals surface area contributed by atoms with E-state index in [0.717, 1.165) is 14.8 Å². The third kappa shape index (κ3) is 3.56. The second kappa shape index (κ2) is 5.99. The Morgan fingerprint density at radius 2 is 2.33 bits per heavy atom. The van der Waals surface area contributed by atoms with E-state index in [2.05, 4.69) is 33.0 Å². The summed E-state index contributed by atoms with van der Waals surface area (Å²) in [6.45, 7) is 2.58. The van der Waals surface area contributed by atoms with Gasteiger partial charge in [0, 0.05) is 34.6 Å². The van der Waals surface area contributed by atoms with Crippen molar-refractivity contribution < 1.29 is 4.79 Å². The minimum absolute atomic E-state index is 0.00981. The number of rotatable bonds is 4. The predicted molar refractivity (Wildman–Crippen MR) is 79.4 cm³/mol. The van der Waals surface area contributed by atoms with Crippen LogP contribution in [0.25, 0.3) is 0 Å². The maximum Gasteiger partial charge on any atom is 0.226 e. The Labute approximate surface area is 120 Å². The van der Waals surface area contributed by atoms with Crippen molar-refractivity contribution in [1.29, 1.82) is 0 Å². The van der Waals surface area contributed by atoms with Crippen LogP contribution in [0.3, 0.4) is 0 Å². The molecule has 4 nitrogen and oxygen atoms in total. The Balaban J connectivity index is 1.92. The SMILES string of the molecule is Cc1ccc(I)cc1NC(=O)CCn1cccn1. The lowest BCUT2D eigenvalue weighted by molar-refractivity contribution is -0.116. The summed E-state index contributed by atoms with van der Waals surface area (Å²) < 4.78 is 2.86. The second-order valence-electron chi connectivity index (χ2n) is 4.03. The van der Waals surface area contributed by atoms with Crippen molar-refractivity contribution >= 4 is 34.2 Å². The summed E-state index contributed by atoms with van der Waals surface area (Å²) in [5.74, 6) is 0.00981. The van der Waals surface area contributed by atoms with Crippen molar-refractivity contribution in [3.8, 4) is 0 Å². The lowest BCUT2D eigenvalue weighted by atomic mass is 10.2. The molecule has 18 heavy (non-hydrogen) atoms. The number of carbonyl (C=O) groups is 1. The number of hydrogen-bond acceptors (Lipinski definition) is 2. The summed E-state index contributed by atoms with van der Waals surface area (Å²) in [7, 11) is 0. The van der Waals surface area contributed by atoms with E-state index < -0.39 is 0 Å². The summed E-state index contributed by atoms with van der Waals surface area (Å²) in [5, 5.41) is 6.99. The molecule has 94 valence electrons. The van der Waals surface area contributed by atoms with E-state index in [4.69, 9.17) is 0 Å². The normalized spacial score (nSPS) is 10.3. The van der Waals surface area contributed by atoms with E-state index >= 15 is 0 Å². The Hall–Kier alpha value is -1.37. The van der Waals surface area contributed by atoms with Crippen molar-refractivity contribution in [2.45, 2.75) is 19.9 Å². The van der Waals surface area contributed by atoms with E-state index in [0.29, 0.717) is 13.0 Å². The molecule has 0 aliphatic carbocycles. The van der Waals surface area contributed by atoms with E-state index in [1.54, 1.807) is 10.9 Å². The molecule has 0 atom stereocenters. The van der Waals surface area contributed by atoms with E-state index in [-0.39, 0.29) is 5.91 Å². The number of benzene rings is 1. The molecule has 1 amide bonds. The molecule has 1 aromatic carbocycles. The average Bonchev–Trinajstić information content (AvgIpc) is 2.84. The van der Waals surface area contributed by atoms with Crippen molar-refractivity contribution in [3.05, 3.63) is 45.8 Å². The van der Waals surface area contributed by atoms with Gasteiger partial charge in [-0.2, -0.15) is 5.10 Å². The fourth-order valence-corrected chi connectivity index (χ4v) is 2.08. The predicted octanol–water partition coefficient (Wildman–Crippen LogP) is 2.82. The lowest BCUT2D eigenvalue weighted by Gasteiger charge is -2.09. The number of nitrogens with zero attached hydrogens (tertiary/aromatic N) is 2. The maximum absolute atomic E-state index is 11.8. The molecule has 2 aromatic rings. The fourth-order valence-electron chi connectivity index (χ4n) is 1.59. The van der Waals surface area contributed by atoms with Crippen LogP contribution in [-0.4, -0.2) is 15.7 Å². The second-order valence-corrected chi connectivity index (χ2v) is 5.27. The third-order valence-corrected chi connectivity index (χ3v) is 3.27. The number of amides is 1. The van der Waals surface area contributed by atoms with Crippen LogP contribution in [0.1, 0.15) is 12.0 Å². The number of carbonyl (C=O) groups excluding carboxylic acids is 1. The molecule has 2 rings (SSSR count). The highest BCUT2D eigenvalue weighted by Gasteiger charge is 2.05. The molecule has 0 fully saturated rings. The highest BCUT2D eigenvalue weighted by atomic mass is 127. The Morgan fingerprint density at radius 1 is 1.50 bits per heavy atom. The summed E-state index contributed by atoms with van der Waals surface area (Å²) >= 11 is 2.23. The van der Waals surface area contributed by atoms with Gasteiger partial charge in [-0.15, -0.1) is 0 Å². The molecule has 0 unspecified atom stereocenters. The summed E-state index contributed by atoms with van der Waals surface area (Å²) in [6.07, 6.45) is 3.98. The molecule has 0 aliphatic rings. The van der Waals surface area contributed by atoms with E-state index in [9.17, 15) is 4.79 Å². The number of aromatic nitrogens is 2. The molecular formula is C13H14IN3O. The van der Waals surface area contributed by atoms with Gasteiger partial charge in [-0.3, -0.25) is 9.48 Å². The Morgan fingerprint density at radius 3 is 3.06 bits per heavy atom. The molecule has 1 N–H and O–H groups in total. The topological polar surface area (TPSA) is 46.9 Å². The fraction of sp³-hybridized carbons (Fsp3) is 0.231. The molecule has 5 heteroatoms. The van der Waals surface area contributed by atoms with Crippen molar-refractivity contribution in [2.75, 3.05) is 5.32 Å². The van der Waals surface area contributed by atoms with Gasteiger partial charge in [0.2, 0.25) is 5.91 Å². The molecule has 1 aromatic heterocycles. The molecular weight excluding hydrogens is 341 g/mol. The third-order valence-electron chi connectivity index (χ3n) is 2.60. The lowest BCUT2D eigenvalue weighted by Crippen LogP contribution is -2.15.